The molecule has 0 aliphatic rings. The van der Waals surface area contributed by atoms with E-state index in [2.05, 4.69) is 0 Å². The number of hydrogen-bond donors (Lipinski definition) is 1. The first kappa shape index (κ1) is 16.6. The molecule has 0 saturated carbocycles. The first-order chi connectivity index (χ1) is 12.0. The fourth-order valence-corrected chi connectivity index (χ4v) is 2.39. The molecule has 0 aliphatic carbocycles. The number of benzene rings is 3. The monoisotopic (exact) mass is 338 g/mol. The Morgan fingerprint density at radius 2 is 1.56 bits per heavy atom. The van der Waals surface area contributed by atoms with E-state index < -0.39 is 6.16 Å². The van der Waals surface area contributed by atoms with Crippen molar-refractivity contribution in [3.8, 4) is 23.0 Å². The van der Waals surface area contributed by atoms with Crippen LogP contribution >= 0.6 is 0 Å². The third-order valence-electron chi connectivity index (χ3n) is 3.44. The highest BCUT2D eigenvalue weighted by molar-refractivity contribution is 5.96. The van der Waals surface area contributed by atoms with E-state index in [1.54, 1.807) is 50.2 Å². The second kappa shape index (κ2) is 7.13. The minimum atomic E-state index is -0.809. The van der Waals surface area contributed by atoms with E-state index in [1.165, 1.54) is 6.07 Å². The van der Waals surface area contributed by atoms with Crippen molar-refractivity contribution in [1.29, 1.82) is 0 Å². The van der Waals surface area contributed by atoms with Crippen molar-refractivity contribution in [2.45, 2.75) is 20.0 Å². The lowest BCUT2D eigenvalue weighted by atomic mass is 10.1. The largest absolute Gasteiger partial charge is 0.514 e. The van der Waals surface area contributed by atoms with Crippen LogP contribution in [0.1, 0.15) is 13.8 Å². The molecular weight excluding hydrogens is 320 g/mol. The van der Waals surface area contributed by atoms with Crippen molar-refractivity contribution in [3.63, 3.8) is 0 Å². The van der Waals surface area contributed by atoms with E-state index in [-0.39, 0.29) is 23.4 Å². The maximum Gasteiger partial charge on any atom is 0.514 e. The normalized spacial score (nSPS) is 10.7. The van der Waals surface area contributed by atoms with Crippen LogP contribution in [-0.2, 0) is 4.74 Å². The van der Waals surface area contributed by atoms with Crippen LogP contribution in [0.5, 0.6) is 23.0 Å². The van der Waals surface area contributed by atoms with Gasteiger partial charge in [0.15, 0.2) is 11.5 Å². The molecule has 0 spiro atoms. The highest BCUT2D eigenvalue weighted by Gasteiger charge is 2.17. The molecule has 3 aromatic carbocycles. The molecule has 0 fully saturated rings. The van der Waals surface area contributed by atoms with Gasteiger partial charge in [-0.3, -0.25) is 0 Å². The topological polar surface area (TPSA) is 65.0 Å². The molecule has 128 valence electrons. The third-order valence-corrected chi connectivity index (χ3v) is 3.44. The quantitative estimate of drug-likeness (QED) is 0.519. The third kappa shape index (κ3) is 3.83. The fourth-order valence-electron chi connectivity index (χ4n) is 2.39. The summed E-state index contributed by atoms with van der Waals surface area (Å²) in [6, 6.07) is 17.6. The lowest BCUT2D eigenvalue weighted by molar-refractivity contribution is 0.0733. The fraction of sp³-hybridized carbons (Fsp3) is 0.150. The first-order valence-corrected chi connectivity index (χ1v) is 7.90. The lowest BCUT2D eigenvalue weighted by Gasteiger charge is -2.14. The Kier molecular flexibility index (Phi) is 4.75. The van der Waals surface area contributed by atoms with Crippen molar-refractivity contribution in [3.05, 3.63) is 60.7 Å². The van der Waals surface area contributed by atoms with Gasteiger partial charge < -0.3 is 19.3 Å². The molecule has 0 aliphatic heterocycles. The van der Waals surface area contributed by atoms with Crippen LogP contribution in [0.2, 0.25) is 0 Å². The van der Waals surface area contributed by atoms with Crippen molar-refractivity contribution in [2.75, 3.05) is 0 Å². The van der Waals surface area contributed by atoms with Gasteiger partial charge in [-0.2, -0.15) is 0 Å². The molecule has 0 aromatic heterocycles. The Bertz CT molecular complexity index is 887. The van der Waals surface area contributed by atoms with Crippen LogP contribution in [-0.4, -0.2) is 17.4 Å². The molecule has 5 heteroatoms. The summed E-state index contributed by atoms with van der Waals surface area (Å²) in [6.45, 7) is 3.47. The van der Waals surface area contributed by atoms with Gasteiger partial charge in [-0.15, -0.1) is 0 Å². The van der Waals surface area contributed by atoms with Crippen LogP contribution in [0.25, 0.3) is 10.8 Å². The second-order valence-corrected chi connectivity index (χ2v) is 5.70. The van der Waals surface area contributed by atoms with Crippen LogP contribution in [0, 0.1) is 0 Å². The number of phenols is 1. The number of carbonyl (C=O) groups excluding carboxylic acids is 1. The number of rotatable bonds is 4. The molecule has 0 bridgehead atoms. The van der Waals surface area contributed by atoms with Crippen molar-refractivity contribution in [2.24, 2.45) is 0 Å². The van der Waals surface area contributed by atoms with Gasteiger partial charge >= 0.3 is 6.16 Å². The summed E-state index contributed by atoms with van der Waals surface area (Å²) in [5.74, 6) is 0.982. The van der Waals surface area contributed by atoms with Gasteiger partial charge in [0.05, 0.1) is 6.10 Å². The van der Waals surface area contributed by atoms with Crippen LogP contribution in [0.15, 0.2) is 60.7 Å². The van der Waals surface area contributed by atoms with E-state index >= 15 is 0 Å². The number of aromatic hydroxyl groups is 1. The van der Waals surface area contributed by atoms with Gasteiger partial charge in [-0.1, -0.05) is 42.5 Å². The van der Waals surface area contributed by atoms with Crippen molar-refractivity contribution >= 4 is 16.9 Å². The molecule has 0 unspecified atom stereocenters. The summed E-state index contributed by atoms with van der Waals surface area (Å²) in [7, 11) is 0. The SMILES string of the molecule is CC(C)OC(=O)Oc1cc(Oc2ccccc2)c(O)c2ccccc12. The Morgan fingerprint density at radius 3 is 2.24 bits per heavy atom. The predicted octanol–water partition coefficient (Wildman–Crippen LogP) is 5.26. The summed E-state index contributed by atoms with van der Waals surface area (Å²) >= 11 is 0. The summed E-state index contributed by atoms with van der Waals surface area (Å²) in [6.07, 6.45) is -1.10. The first-order valence-electron chi connectivity index (χ1n) is 7.90. The molecule has 0 radical (unpaired) electrons. The number of fused-ring (bicyclic) bond motifs is 1. The number of para-hydroxylation sites is 1. The molecular formula is C20H18O5. The molecule has 3 rings (SSSR count). The molecule has 0 heterocycles. The van der Waals surface area contributed by atoms with Gasteiger partial charge in [0.1, 0.15) is 11.5 Å². The molecule has 0 amide bonds. The van der Waals surface area contributed by atoms with E-state index in [4.69, 9.17) is 14.2 Å². The Balaban J connectivity index is 2.03. The van der Waals surface area contributed by atoms with Gasteiger partial charge in [-0.05, 0) is 26.0 Å². The summed E-state index contributed by atoms with van der Waals surface area (Å²) in [4.78, 5) is 11.9. The van der Waals surface area contributed by atoms with E-state index in [1.807, 2.05) is 18.2 Å². The Labute approximate surface area is 145 Å². The average molecular weight is 338 g/mol. The minimum absolute atomic E-state index is 0.0240. The predicted molar refractivity (Wildman–Crippen MR) is 94.4 cm³/mol. The summed E-state index contributed by atoms with van der Waals surface area (Å²) in [5.41, 5.74) is 0. The van der Waals surface area contributed by atoms with Gasteiger partial charge in [0.25, 0.3) is 0 Å². The van der Waals surface area contributed by atoms with Crippen LogP contribution in [0.3, 0.4) is 0 Å². The molecule has 25 heavy (non-hydrogen) atoms. The smallest absolute Gasteiger partial charge is 0.504 e. The zero-order chi connectivity index (χ0) is 17.8. The van der Waals surface area contributed by atoms with Crippen molar-refractivity contribution < 1.29 is 24.1 Å². The Hall–Kier alpha value is -3.21. The second-order valence-electron chi connectivity index (χ2n) is 5.70. The van der Waals surface area contributed by atoms with Gasteiger partial charge in [-0.25, -0.2) is 4.79 Å². The van der Waals surface area contributed by atoms with E-state index in [0.29, 0.717) is 16.5 Å². The van der Waals surface area contributed by atoms with Crippen LogP contribution < -0.4 is 9.47 Å². The maximum atomic E-state index is 11.9. The standard InChI is InChI=1S/C20H18O5/c1-13(2)23-20(22)25-17-12-18(24-14-8-4-3-5-9-14)19(21)16-11-7-6-10-15(16)17/h3-13,21H,1-2H3. The van der Waals surface area contributed by atoms with E-state index in [0.717, 1.165) is 0 Å². The highest BCUT2D eigenvalue weighted by Crippen LogP contribution is 2.42. The van der Waals surface area contributed by atoms with Crippen LogP contribution in [0.4, 0.5) is 4.79 Å². The van der Waals surface area contributed by atoms with E-state index in [9.17, 15) is 9.90 Å². The number of phenolic OH excluding ortho intramolecular Hbond substituents is 1. The molecule has 3 aromatic rings. The summed E-state index contributed by atoms with van der Waals surface area (Å²) in [5, 5.41) is 11.6. The highest BCUT2D eigenvalue weighted by atomic mass is 16.7. The average Bonchev–Trinajstić information content (AvgIpc) is 2.59. The van der Waals surface area contributed by atoms with Crippen molar-refractivity contribution in [1.82, 2.24) is 0 Å². The molecule has 1 N–H and O–H groups in total. The van der Waals surface area contributed by atoms with Gasteiger partial charge in [0, 0.05) is 16.8 Å². The maximum absolute atomic E-state index is 11.9. The lowest BCUT2D eigenvalue weighted by Crippen LogP contribution is -2.15. The number of hydrogen-bond acceptors (Lipinski definition) is 5. The Morgan fingerprint density at radius 1 is 0.920 bits per heavy atom. The summed E-state index contributed by atoms with van der Waals surface area (Å²) < 4.78 is 16.1. The molecule has 5 nitrogen and oxygen atoms in total. The number of ether oxygens (including phenoxy) is 3. The zero-order valence-corrected chi connectivity index (χ0v) is 13.9. The minimum Gasteiger partial charge on any atom is -0.504 e. The van der Waals surface area contributed by atoms with Gasteiger partial charge in [0.2, 0.25) is 0 Å². The molecule has 0 saturated heterocycles. The zero-order valence-electron chi connectivity index (χ0n) is 13.9. The number of carbonyl (C=O) groups is 1. The molecule has 0 atom stereocenters.